The van der Waals surface area contributed by atoms with E-state index in [0.717, 1.165) is 0 Å². The lowest BCUT2D eigenvalue weighted by atomic mass is 10.1. The van der Waals surface area contributed by atoms with Gasteiger partial charge in [0, 0.05) is 25.3 Å². The summed E-state index contributed by atoms with van der Waals surface area (Å²) in [6.07, 6.45) is 0. The molecule has 0 radical (unpaired) electrons. The lowest BCUT2D eigenvalue weighted by molar-refractivity contribution is -0.126. The number of likely N-dealkylation sites (N-methyl/N-ethyl adjacent to an activating group) is 1. The Morgan fingerprint density at radius 1 is 1.29 bits per heavy atom. The first kappa shape index (κ1) is 13.5. The lowest BCUT2D eigenvalue weighted by Crippen LogP contribution is -2.29. The van der Waals surface area contributed by atoms with Crippen molar-refractivity contribution in [3.05, 3.63) is 29.8 Å². The molecule has 1 aromatic rings. The van der Waals surface area contributed by atoms with Gasteiger partial charge in [0.2, 0.25) is 5.91 Å². The summed E-state index contributed by atoms with van der Waals surface area (Å²) in [5.74, 6) is -0.287. The van der Waals surface area contributed by atoms with Crippen molar-refractivity contribution in [3.8, 4) is 0 Å². The fourth-order valence-corrected chi connectivity index (χ4v) is 1.43. The van der Waals surface area contributed by atoms with Crippen LogP contribution in [0.25, 0.3) is 0 Å². The number of anilines is 1. The highest BCUT2D eigenvalue weighted by Crippen LogP contribution is 2.15. The highest BCUT2D eigenvalue weighted by molar-refractivity contribution is 6.31. The van der Waals surface area contributed by atoms with Gasteiger partial charge in [-0.05, 0) is 12.1 Å². The number of benzene rings is 1. The third-order valence-electron chi connectivity index (χ3n) is 2.28. The van der Waals surface area contributed by atoms with Crippen molar-refractivity contribution in [2.24, 2.45) is 0 Å². The molecule has 0 unspecified atom stereocenters. The Bertz CT molecular complexity index is 419. The van der Waals surface area contributed by atoms with Crippen LogP contribution in [0.5, 0.6) is 0 Å². The fraction of sp³-hybridized carbons (Fsp3) is 0.333. The van der Waals surface area contributed by atoms with Crippen LogP contribution in [0.2, 0.25) is 0 Å². The number of carbonyl (C=O) groups is 2. The van der Waals surface area contributed by atoms with E-state index in [2.05, 4.69) is 5.32 Å². The Balaban J connectivity index is 2.77. The summed E-state index contributed by atoms with van der Waals surface area (Å²) in [5.41, 5.74) is 1.14. The molecule has 0 spiro atoms. The Morgan fingerprint density at radius 3 is 2.53 bits per heavy atom. The monoisotopic (exact) mass is 254 g/mol. The average Bonchev–Trinajstić information content (AvgIpc) is 2.35. The first-order chi connectivity index (χ1) is 8.06. The lowest BCUT2D eigenvalue weighted by Gasteiger charge is -2.13. The van der Waals surface area contributed by atoms with E-state index in [9.17, 15) is 9.59 Å². The second kappa shape index (κ2) is 6.25. The molecule has 0 fully saturated rings. The maximum atomic E-state index is 11.5. The molecule has 0 heterocycles. The predicted molar refractivity (Wildman–Crippen MR) is 68.7 cm³/mol. The topological polar surface area (TPSA) is 49.4 Å². The first-order valence-electron chi connectivity index (χ1n) is 5.18. The number of hydrogen-bond donors (Lipinski definition) is 1. The van der Waals surface area contributed by atoms with Crippen molar-refractivity contribution < 1.29 is 9.59 Å². The van der Waals surface area contributed by atoms with Crippen molar-refractivity contribution >= 4 is 29.0 Å². The number of hydrogen-bond acceptors (Lipinski definition) is 3. The van der Waals surface area contributed by atoms with Crippen molar-refractivity contribution in [3.63, 3.8) is 0 Å². The molecule has 0 aliphatic rings. The number of ketones is 1. The van der Waals surface area contributed by atoms with Crippen LogP contribution < -0.4 is 5.32 Å². The second-order valence-corrected chi connectivity index (χ2v) is 4.01. The molecular formula is C12H15ClN2O2. The molecule has 0 aromatic heterocycles. The van der Waals surface area contributed by atoms with Crippen molar-refractivity contribution in [2.75, 3.05) is 31.8 Å². The number of alkyl halides is 1. The quantitative estimate of drug-likeness (QED) is 0.642. The standard InChI is InChI=1S/C12H15ClN2O2/c1-15(2)12(17)8-14-10-6-4-3-5-9(10)11(16)7-13/h3-6,14H,7-8H2,1-2H3. The molecule has 1 N–H and O–H groups in total. The van der Waals surface area contributed by atoms with Crippen molar-refractivity contribution in [1.29, 1.82) is 0 Å². The van der Waals surface area contributed by atoms with E-state index in [1.165, 1.54) is 4.90 Å². The zero-order chi connectivity index (χ0) is 12.8. The molecule has 0 saturated carbocycles. The molecule has 0 bridgehead atoms. The summed E-state index contributed by atoms with van der Waals surface area (Å²) < 4.78 is 0. The number of rotatable bonds is 5. The van der Waals surface area contributed by atoms with Crippen molar-refractivity contribution in [2.45, 2.75) is 0 Å². The normalized spacial score (nSPS) is 9.82. The molecule has 0 saturated heterocycles. The Hall–Kier alpha value is -1.55. The smallest absolute Gasteiger partial charge is 0.241 e. The van der Waals surface area contributed by atoms with E-state index in [0.29, 0.717) is 11.3 Å². The molecule has 5 heteroatoms. The van der Waals surface area contributed by atoms with Gasteiger partial charge in [0.05, 0.1) is 12.4 Å². The molecule has 4 nitrogen and oxygen atoms in total. The molecule has 17 heavy (non-hydrogen) atoms. The van der Waals surface area contributed by atoms with Gasteiger partial charge in [-0.25, -0.2) is 0 Å². The molecule has 0 aliphatic carbocycles. The van der Waals surface area contributed by atoms with Gasteiger partial charge in [-0.3, -0.25) is 9.59 Å². The molecule has 1 amide bonds. The minimum atomic E-state index is -0.160. The predicted octanol–water partition coefficient (Wildman–Crippen LogP) is 1.61. The van der Waals surface area contributed by atoms with Gasteiger partial charge >= 0.3 is 0 Å². The zero-order valence-electron chi connectivity index (χ0n) is 9.87. The third kappa shape index (κ3) is 3.75. The summed E-state index contributed by atoms with van der Waals surface area (Å²) in [6, 6.07) is 7.00. The van der Waals surface area contributed by atoms with Crippen LogP contribution in [0.1, 0.15) is 10.4 Å². The van der Waals surface area contributed by atoms with E-state index in [-0.39, 0.29) is 24.1 Å². The number of halogens is 1. The molecule has 92 valence electrons. The molecule has 0 aliphatic heterocycles. The van der Waals surface area contributed by atoms with Crippen LogP contribution in [0.15, 0.2) is 24.3 Å². The number of Topliss-reactive ketones (excluding diaryl/α,β-unsaturated/α-hetero) is 1. The third-order valence-corrected chi connectivity index (χ3v) is 2.52. The van der Waals surface area contributed by atoms with Gasteiger partial charge in [-0.15, -0.1) is 11.6 Å². The number of nitrogens with one attached hydrogen (secondary N) is 1. The Kier molecular flexibility index (Phi) is 4.97. The van der Waals surface area contributed by atoms with Crippen molar-refractivity contribution in [1.82, 2.24) is 4.90 Å². The van der Waals surface area contributed by atoms with Gasteiger partial charge in [0.15, 0.2) is 5.78 Å². The summed E-state index contributed by atoms with van der Waals surface area (Å²) >= 11 is 5.52. The van der Waals surface area contributed by atoms with Gasteiger partial charge in [0.1, 0.15) is 0 Å². The molecule has 1 rings (SSSR count). The van der Waals surface area contributed by atoms with Crippen LogP contribution >= 0.6 is 11.6 Å². The largest absolute Gasteiger partial charge is 0.376 e. The minimum absolute atomic E-state index is 0.0573. The van der Waals surface area contributed by atoms with Gasteiger partial charge in [-0.1, -0.05) is 12.1 Å². The summed E-state index contributed by atoms with van der Waals surface area (Å²) in [7, 11) is 3.36. The van der Waals surface area contributed by atoms with E-state index in [4.69, 9.17) is 11.6 Å². The van der Waals surface area contributed by atoms with Crippen LogP contribution in [0, 0.1) is 0 Å². The van der Waals surface area contributed by atoms with E-state index in [1.54, 1.807) is 38.4 Å². The SMILES string of the molecule is CN(C)C(=O)CNc1ccccc1C(=O)CCl. The van der Waals surface area contributed by atoms with Gasteiger partial charge < -0.3 is 10.2 Å². The maximum absolute atomic E-state index is 11.5. The Labute approximate surface area is 106 Å². The number of amides is 1. The highest BCUT2D eigenvalue weighted by atomic mass is 35.5. The molecular weight excluding hydrogens is 240 g/mol. The zero-order valence-corrected chi connectivity index (χ0v) is 10.6. The number of nitrogens with zero attached hydrogens (tertiary/aromatic N) is 1. The van der Waals surface area contributed by atoms with Crippen LogP contribution in [0.4, 0.5) is 5.69 Å². The second-order valence-electron chi connectivity index (χ2n) is 3.74. The van der Waals surface area contributed by atoms with E-state index in [1.807, 2.05) is 0 Å². The summed E-state index contributed by atoms with van der Waals surface area (Å²) in [5, 5.41) is 2.94. The highest BCUT2D eigenvalue weighted by Gasteiger charge is 2.10. The van der Waals surface area contributed by atoms with Crippen LogP contribution in [-0.4, -0.2) is 43.1 Å². The summed E-state index contributed by atoms with van der Waals surface area (Å²) in [4.78, 5) is 24.4. The van der Waals surface area contributed by atoms with Gasteiger partial charge in [0.25, 0.3) is 0 Å². The number of carbonyl (C=O) groups excluding carboxylic acids is 2. The van der Waals surface area contributed by atoms with E-state index < -0.39 is 0 Å². The average molecular weight is 255 g/mol. The van der Waals surface area contributed by atoms with E-state index >= 15 is 0 Å². The molecule has 1 aromatic carbocycles. The maximum Gasteiger partial charge on any atom is 0.241 e. The first-order valence-corrected chi connectivity index (χ1v) is 5.72. The van der Waals surface area contributed by atoms with Gasteiger partial charge in [-0.2, -0.15) is 0 Å². The number of para-hydroxylation sites is 1. The summed E-state index contributed by atoms with van der Waals surface area (Å²) in [6.45, 7) is 0.152. The van der Waals surface area contributed by atoms with Crippen LogP contribution in [0.3, 0.4) is 0 Å². The molecule has 0 atom stereocenters. The Morgan fingerprint density at radius 2 is 1.94 bits per heavy atom. The fourth-order valence-electron chi connectivity index (χ4n) is 1.28. The van der Waals surface area contributed by atoms with Crippen LogP contribution in [-0.2, 0) is 4.79 Å². The minimum Gasteiger partial charge on any atom is -0.376 e.